The molecule has 20 heavy (non-hydrogen) atoms. The fraction of sp³-hybridized carbons (Fsp3) is 0.267. The van der Waals surface area contributed by atoms with Crippen LogP contribution >= 0.6 is 0 Å². The van der Waals surface area contributed by atoms with E-state index in [4.69, 9.17) is 9.15 Å². The number of carbonyl (C=O) groups is 1. The van der Waals surface area contributed by atoms with Crippen molar-refractivity contribution >= 4 is 5.91 Å². The van der Waals surface area contributed by atoms with Crippen molar-refractivity contribution in [2.24, 2.45) is 0 Å². The van der Waals surface area contributed by atoms with Crippen molar-refractivity contribution in [3.05, 3.63) is 47.9 Å². The zero-order chi connectivity index (χ0) is 14.5. The Bertz CT molecular complexity index is 578. The van der Waals surface area contributed by atoms with Gasteiger partial charge in [-0.3, -0.25) is 4.79 Å². The van der Waals surface area contributed by atoms with Gasteiger partial charge in [-0.2, -0.15) is 0 Å². The highest BCUT2D eigenvalue weighted by Crippen LogP contribution is 2.26. The Morgan fingerprint density at radius 1 is 1.45 bits per heavy atom. The Morgan fingerprint density at radius 3 is 2.85 bits per heavy atom. The van der Waals surface area contributed by atoms with E-state index in [-0.39, 0.29) is 17.7 Å². The second-order valence-electron chi connectivity index (χ2n) is 4.54. The van der Waals surface area contributed by atoms with Crippen LogP contribution in [0.15, 0.2) is 41.0 Å². The zero-order valence-corrected chi connectivity index (χ0v) is 11.4. The molecular formula is C15H17NO4. The number of ether oxygens (including phenoxy) is 1. The van der Waals surface area contributed by atoms with Crippen LogP contribution in [0.1, 0.15) is 23.0 Å². The lowest BCUT2D eigenvalue weighted by molar-refractivity contribution is 0.0939. The normalized spacial score (nSPS) is 11.9. The van der Waals surface area contributed by atoms with E-state index in [0.717, 1.165) is 5.76 Å². The first kappa shape index (κ1) is 14.0. The molecule has 106 valence electrons. The number of methoxy groups -OCH3 is 1. The maximum atomic E-state index is 12.0. The number of rotatable bonds is 5. The molecule has 1 unspecified atom stereocenters. The topological polar surface area (TPSA) is 71.7 Å². The molecule has 0 saturated heterocycles. The first-order valence-electron chi connectivity index (χ1n) is 6.30. The minimum Gasteiger partial charge on any atom is -0.504 e. The van der Waals surface area contributed by atoms with Crippen molar-refractivity contribution in [1.82, 2.24) is 5.32 Å². The monoisotopic (exact) mass is 275 g/mol. The molecule has 1 heterocycles. The molecular weight excluding hydrogens is 258 g/mol. The van der Waals surface area contributed by atoms with Crippen LogP contribution in [-0.4, -0.2) is 24.2 Å². The molecule has 2 N–H and O–H groups in total. The summed E-state index contributed by atoms with van der Waals surface area (Å²) in [5.74, 6) is 0.849. The van der Waals surface area contributed by atoms with Crippen molar-refractivity contribution in [1.29, 1.82) is 0 Å². The number of phenolic OH excluding ortho intramolecular Hbond substituents is 1. The Hall–Kier alpha value is -2.43. The van der Waals surface area contributed by atoms with Crippen LogP contribution in [0.5, 0.6) is 11.5 Å². The average Bonchev–Trinajstić information content (AvgIpc) is 2.91. The molecule has 5 heteroatoms. The summed E-state index contributed by atoms with van der Waals surface area (Å²) in [6, 6.07) is 8.15. The third-order valence-corrected chi connectivity index (χ3v) is 2.91. The van der Waals surface area contributed by atoms with E-state index in [1.54, 1.807) is 18.4 Å². The van der Waals surface area contributed by atoms with E-state index >= 15 is 0 Å². The summed E-state index contributed by atoms with van der Waals surface area (Å²) < 4.78 is 10.2. The molecule has 0 aliphatic carbocycles. The van der Waals surface area contributed by atoms with Crippen LogP contribution in [0.2, 0.25) is 0 Å². The lowest BCUT2D eigenvalue weighted by Crippen LogP contribution is -2.33. The maximum Gasteiger partial charge on any atom is 0.251 e. The molecule has 0 aliphatic rings. The van der Waals surface area contributed by atoms with Gasteiger partial charge in [-0.05, 0) is 37.3 Å². The zero-order valence-electron chi connectivity index (χ0n) is 11.4. The van der Waals surface area contributed by atoms with Gasteiger partial charge >= 0.3 is 0 Å². The molecule has 2 rings (SSSR count). The number of amides is 1. The standard InChI is InChI=1S/C15H17NO4/c1-10(8-12-4-3-7-20-12)16-15(18)11-5-6-14(19-2)13(17)9-11/h3-7,9-10,17H,8H2,1-2H3,(H,16,18). The number of benzene rings is 1. The number of aromatic hydroxyl groups is 1. The average molecular weight is 275 g/mol. The number of phenols is 1. The van der Waals surface area contributed by atoms with Crippen LogP contribution in [0.4, 0.5) is 0 Å². The highest BCUT2D eigenvalue weighted by atomic mass is 16.5. The first-order valence-corrected chi connectivity index (χ1v) is 6.30. The predicted molar refractivity (Wildman–Crippen MR) is 74.0 cm³/mol. The molecule has 0 bridgehead atoms. The van der Waals surface area contributed by atoms with Gasteiger partial charge in [-0.1, -0.05) is 0 Å². The van der Waals surface area contributed by atoms with E-state index in [1.165, 1.54) is 13.2 Å². The second kappa shape index (κ2) is 6.14. The molecule has 2 aromatic rings. The van der Waals surface area contributed by atoms with Crippen molar-refractivity contribution < 1.29 is 19.1 Å². The molecule has 1 aromatic heterocycles. The van der Waals surface area contributed by atoms with Crippen molar-refractivity contribution in [3.63, 3.8) is 0 Å². The third-order valence-electron chi connectivity index (χ3n) is 2.91. The number of furan rings is 1. The smallest absolute Gasteiger partial charge is 0.251 e. The quantitative estimate of drug-likeness (QED) is 0.878. The predicted octanol–water partition coefficient (Wildman–Crippen LogP) is 2.35. The molecule has 0 fully saturated rings. The van der Waals surface area contributed by atoms with Crippen LogP contribution in [-0.2, 0) is 6.42 Å². The largest absolute Gasteiger partial charge is 0.504 e. The Labute approximate surface area is 117 Å². The van der Waals surface area contributed by atoms with E-state index in [0.29, 0.717) is 17.7 Å². The lowest BCUT2D eigenvalue weighted by Gasteiger charge is -2.13. The fourth-order valence-electron chi connectivity index (χ4n) is 1.92. The molecule has 1 atom stereocenters. The van der Waals surface area contributed by atoms with E-state index < -0.39 is 0 Å². The molecule has 1 aromatic carbocycles. The fourth-order valence-corrected chi connectivity index (χ4v) is 1.92. The molecule has 0 saturated carbocycles. The van der Waals surface area contributed by atoms with Crippen LogP contribution in [0.3, 0.4) is 0 Å². The van der Waals surface area contributed by atoms with Crippen LogP contribution in [0, 0.1) is 0 Å². The highest BCUT2D eigenvalue weighted by Gasteiger charge is 2.13. The van der Waals surface area contributed by atoms with E-state index in [2.05, 4.69) is 5.32 Å². The SMILES string of the molecule is COc1ccc(C(=O)NC(C)Cc2ccco2)cc1O. The van der Waals surface area contributed by atoms with E-state index in [1.807, 2.05) is 19.1 Å². The van der Waals surface area contributed by atoms with Gasteiger partial charge in [0.1, 0.15) is 5.76 Å². The van der Waals surface area contributed by atoms with Gasteiger partial charge < -0.3 is 19.6 Å². The minimum absolute atomic E-state index is 0.0566. The Kier molecular flexibility index (Phi) is 4.30. The minimum atomic E-state index is -0.248. The number of hydrogen-bond acceptors (Lipinski definition) is 4. The molecule has 5 nitrogen and oxygen atoms in total. The number of carbonyl (C=O) groups excluding carboxylic acids is 1. The van der Waals surface area contributed by atoms with Crippen molar-refractivity contribution in [2.45, 2.75) is 19.4 Å². The molecule has 0 aliphatic heterocycles. The van der Waals surface area contributed by atoms with Crippen LogP contribution in [0.25, 0.3) is 0 Å². The Morgan fingerprint density at radius 2 is 2.25 bits per heavy atom. The summed E-state index contributed by atoms with van der Waals surface area (Å²) in [6.07, 6.45) is 2.21. The van der Waals surface area contributed by atoms with Crippen LogP contribution < -0.4 is 10.1 Å². The van der Waals surface area contributed by atoms with Gasteiger partial charge in [0.2, 0.25) is 0 Å². The molecule has 0 radical (unpaired) electrons. The number of nitrogens with one attached hydrogen (secondary N) is 1. The summed E-state index contributed by atoms with van der Waals surface area (Å²) in [4.78, 5) is 12.0. The highest BCUT2D eigenvalue weighted by molar-refractivity contribution is 5.95. The van der Waals surface area contributed by atoms with Gasteiger partial charge in [-0.15, -0.1) is 0 Å². The van der Waals surface area contributed by atoms with Gasteiger partial charge in [-0.25, -0.2) is 0 Å². The summed E-state index contributed by atoms with van der Waals surface area (Å²) in [5, 5.41) is 12.5. The van der Waals surface area contributed by atoms with Gasteiger partial charge in [0, 0.05) is 18.0 Å². The summed E-state index contributed by atoms with van der Waals surface area (Å²) >= 11 is 0. The van der Waals surface area contributed by atoms with Gasteiger partial charge in [0.05, 0.1) is 13.4 Å². The summed E-state index contributed by atoms with van der Waals surface area (Å²) in [5.41, 5.74) is 0.384. The van der Waals surface area contributed by atoms with Gasteiger partial charge in [0.15, 0.2) is 11.5 Å². The summed E-state index contributed by atoms with van der Waals surface area (Å²) in [6.45, 7) is 1.89. The molecule has 1 amide bonds. The second-order valence-corrected chi connectivity index (χ2v) is 4.54. The maximum absolute atomic E-state index is 12.0. The lowest BCUT2D eigenvalue weighted by atomic mass is 10.1. The number of hydrogen-bond donors (Lipinski definition) is 2. The van der Waals surface area contributed by atoms with Crippen molar-refractivity contribution in [3.8, 4) is 11.5 Å². The van der Waals surface area contributed by atoms with Crippen molar-refractivity contribution in [2.75, 3.05) is 7.11 Å². The first-order chi connectivity index (χ1) is 9.60. The summed E-state index contributed by atoms with van der Waals surface area (Å²) in [7, 11) is 1.46. The van der Waals surface area contributed by atoms with Gasteiger partial charge in [0.25, 0.3) is 5.91 Å². The Balaban J connectivity index is 1.99. The molecule has 0 spiro atoms. The van der Waals surface area contributed by atoms with E-state index in [9.17, 15) is 9.90 Å². The third kappa shape index (κ3) is 3.32.